The maximum atomic E-state index is 12.9. The van der Waals surface area contributed by atoms with Crippen molar-refractivity contribution in [3.05, 3.63) is 78.4 Å². The van der Waals surface area contributed by atoms with Crippen molar-refractivity contribution in [2.75, 3.05) is 29.9 Å². The highest BCUT2D eigenvalue weighted by molar-refractivity contribution is 6.06. The Morgan fingerprint density at radius 3 is 2.27 bits per heavy atom. The largest absolute Gasteiger partial charge is 0.493 e. The molecule has 4 heteroatoms. The number of rotatable bonds is 6. The summed E-state index contributed by atoms with van der Waals surface area (Å²) in [5.74, 6) is 0.703. The van der Waals surface area contributed by atoms with E-state index in [1.165, 1.54) is 24.9 Å². The molecular weight excluding hydrogens is 372 g/mol. The van der Waals surface area contributed by atoms with Crippen LogP contribution in [0.5, 0.6) is 5.75 Å². The van der Waals surface area contributed by atoms with Crippen LogP contribution in [0, 0.1) is 0 Å². The van der Waals surface area contributed by atoms with Crippen LogP contribution in [-0.4, -0.2) is 25.6 Å². The fourth-order valence-electron chi connectivity index (χ4n) is 3.97. The van der Waals surface area contributed by atoms with Crippen LogP contribution in [0.4, 0.5) is 11.4 Å². The van der Waals surface area contributed by atoms with E-state index in [0.29, 0.717) is 12.2 Å². The first-order valence-electron chi connectivity index (χ1n) is 10.7. The number of hydrogen-bond donors (Lipinski definition) is 1. The van der Waals surface area contributed by atoms with Crippen LogP contribution in [0.1, 0.15) is 36.5 Å². The summed E-state index contributed by atoms with van der Waals surface area (Å²) in [4.78, 5) is 15.3. The van der Waals surface area contributed by atoms with Gasteiger partial charge in [0.15, 0.2) is 0 Å². The second-order valence-corrected chi connectivity index (χ2v) is 7.52. The molecule has 4 nitrogen and oxygen atoms in total. The summed E-state index contributed by atoms with van der Waals surface area (Å²) >= 11 is 0. The van der Waals surface area contributed by atoms with Crippen molar-refractivity contribution >= 4 is 17.3 Å². The van der Waals surface area contributed by atoms with Gasteiger partial charge in [0.05, 0.1) is 6.61 Å². The molecule has 1 saturated heterocycles. The molecule has 0 bridgehead atoms. The Kier molecular flexibility index (Phi) is 6.33. The Labute approximate surface area is 178 Å². The molecule has 1 aliphatic heterocycles. The van der Waals surface area contributed by atoms with Crippen molar-refractivity contribution < 1.29 is 9.53 Å². The number of hydrogen-bond acceptors (Lipinski definition) is 3. The van der Waals surface area contributed by atoms with Crippen molar-refractivity contribution in [3.63, 3.8) is 0 Å². The summed E-state index contributed by atoms with van der Waals surface area (Å²) in [5.41, 5.74) is 4.53. The SMILES string of the molecule is CCOc1ccccc1-c1ccccc1NC(=O)c1ccc(N2CCCCC2)cc1. The van der Waals surface area contributed by atoms with E-state index < -0.39 is 0 Å². The summed E-state index contributed by atoms with van der Waals surface area (Å²) in [6.45, 7) is 4.75. The van der Waals surface area contributed by atoms with E-state index in [1.54, 1.807) is 0 Å². The standard InChI is InChI=1S/C26H28N2O2/c1-2-30-25-13-7-5-11-23(25)22-10-4-6-12-24(22)27-26(29)20-14-16-21(17-15-20)28-18-8-3-9-19-28/h4-7,10-17H,2-3,8-9,18-19H2,1H3,(H,27,29). The van der Waals surface area contributed by atoms with Gasteiger partial charge in [-0.2, -0.15) is 0 Å². The van der Waals surface area contributed by atoms with Crippen LogP contribution in [0.15, 0.2) is 72.8 Å². The molecule has 1 amide bonds. The third kappa shape index (κ3) is 4.48. The molecule has 0 radical (unpaired) electrons. The lowest BCUT2D eigenvalue weighted by Crippen LogP contribution is -2.29. The lowest BCUT2D eigenvalue weighted by molar-refractivity contribution is 0.102. The Hall–Kier alpha value is -3.27. The molecule has 0 aliphatic carbocycles. The van der Waals surface area contributed by atoms with E-state index in [-0.39, 0.29) is 5.91 Å². The molecular formula is C26H28N2O2. The van der Waals surface area contributed by atoms with E-state index in [4.69, 9.17) is 4.74 Å². The normalized spacial score (nSPS) is 13.7. The number of anilines is 2. The van der Waals surface area contributed by atoms with Crippen LogP contribution in [0.25, 0.3) is 11.1 Å². The van der Waals surface area contributed by atoms with Gasteiger partial charge in [0.1, 0.15) is 5.75 Å². The smallest absolute Gasteiger partial charge is 0.255 e. The van der Waals surface area contributed by atoms with Crippen LogP contribution < -0.4 is 15.0 Å². The maximum absolute atomic E-state index is 12.9. The maximum Gasteiger partial charge on any atom is 0.255 e. The Bertz CT molecular complexity index is 992. The molecule has 4 rings (SSSR count). The van der Waals surface area contributed by atoms with Gasteiger partial charge in [0.25, 0.3) is 5.91 Å². The first-order valence-corrected chi connectivity index (χ1v) is 10.7. The molecule has 0 unspecified atom stereocenters. The second-order valence-electron chi connectivity index (χ2n) is 7.52. The molecule has 1 N–H and O–H groups in total. The third-order valence-corrected chi connectivity index (χ3v) is 5.50. The number of benzene rings is 3. The zero-order valence-electron chi connectivity index (χ0n) is 17.4. The predicted octanol–water partition coefficient (Wildman–Crippen LogP) is 5.99. The first kappa shape index (κ1) is 20.0. The molecule has 1 heterocycles. The minimum atomic E-state index is -0.110. The lowest BCUT2D eigenvalue weighted by Gasteiger charge is -2.28. The van der Waals surface area contributed by atoms with Crippen molar-refractivity contribution in [2.24, 2.45) is 0 Å². The fourth-order valence-corrected chi connectivity index (χ4v) is 3.97. The monoisotopic (exact) mass is 400 g/mol. The van der Waals surface area contributed by atoms with E-state index in [0.717, 1.165) is 35.7 Å². The van der Waals surface area contributed by atoms with Crippen LogP contribution in [0.2, 0.25) is 0 Å². The lowest BCUT2D eigenvalue weighted by atomic mass is 10.0. The van der Waals surface area contributed by atoms with Gasteiger partial charge < -0.3 is 15.0 Å². The summed E-state index contributed by atoms with van der Waals surface area (Å²) in [6, 6.07) is 23.7. The van der Waals surface area contributed by atoms with E-state index in [9.17, 15) is 4.79 Å². The molecule has 1 fully saturated rings. The minimum Gasteiger partial charge on any atom is -0.493 e. The fraction of sp³-hybridized carbons (Fsp3) is 0.269. The van der Waals surface area contributed by atoms with Crippen LogP contribution >= 0.6 is 0 Å². The van der Waals surface area contributed by atoms with E-state index >= 15 is 0 Å². The molecule has 0 spiro atoms. The number of amides is 1. The number of carbonyl (C=O) groups is 1. The zero-order valence-corrected chi connectivity index (χ0v) is 17.4. The molecule has 0 aromatic heterocycles. The summed E-state index contributed by atoms with van der Waals surface area (Å²) in [6.07, 6.45) is 3.79. The number of para-hydroxylation sites is 2. The molecule has 154 valence electrons. The van der Waals surface area contributed by atoms with Gasteiger partial charge in [-0.15, -0.1) is 0 Å². The van der Waals surface area contributed by atoms with Gasteiger partial charge >= 0.3 is 0 Å². The van der Waals surface area contributed by atoms with Gasteiger partial charge in [-0.3, -0.25) is 4.79 Å². The van der Waals surface area contributed by atoms with Gasteiger partial charge in [-0.1, -0.05) is 36.4 Å². The van der Waals surface area contributed by atoms with Gasteiger partial charge in [-0.25, -0.2) is 0 Å². The topological polar surface area (TPSA) is 41.6 Å². The highest BCUT2D eigenvalue weighted by Crippen LogP contribution is 2.35. The van der Waals surface area contributed by atoms with E-state index in [2.05, 4.69) is 22.3 Å². The third-order valence-electron chi connectivity index (χ3n) is 5.50. The van der Waals surface area contributed by atoms with Crippen molar-refractivity contribution in [1.29, 1.82) is 0 Å². The Morgan fingerprint density at radius 1 is 0.867 bits per heavy atom. The van der Waals surface area contributed by atoms with Gasteiger partial charge in [-0.05, 0) is 62.6 Å². The number of nitrogens with zero attached hydrogens (tertiary/aromatic N) is 1. The van der Waals surface area contributed by atoms with Crippen LogP contribution in [0.3, 0.4) is 0 Å². The summed E-state index contributed by atoms with van der Waals surface area (Å²) in [7, 11) is 0. The molecule has 30 heavy (non-hydrogen) atoms. The number of ether oxygens (including phenoxy) is 1. The van der Waals surface area contributed by atoms with Crippen molar-refractivity contribution in [2.45, 2.75) is 26.2 Å². The molecule has 3 aromatic carbocycles. The second kappa shape index (κ2) is 9.49. The Morgan fingerprint density at radius 2 is 1.53 bits per heavy atom. The minimum absolute atomic E-state index is 0.110. The molecule has 0 atom stereocenters. The number of nitrogens with one attached hydrogen (secondary N) is 1. The highest BCUT2D eigenvalue weighted by atomic mass is 16.5. The summed E-state index contributed by atoms with van der Waals surface area (Å²) in [5, 5.41) is 3.09. The predicted molar refractivity (Wildman–Crippen MR) is 124 cm³/mol. The van der Waals surface area contributed by atoms with Crippen molar-refractivity contribution in [3.8, 4) is 16.9 Å². The highest BCUT2D eigenvalue weighted by Gasteiger charge is 2.15. The summed E-state index contributed by atoms with van der Waals surface area (Å²) < 4.78 is 5.79. The molecule has 3 aromatic rings. The van der Waals surface area contributed by atoms with Gasteiger partial charge in [0, 0.05) is 41.2 Å². The number of carbonyl (C=O) groups excluding carboxylic acids is 1. The average molecular weight is 401 g/mol. The van der Waals surface area contributed by atoms with E-state index in [1.807, 2.05) is 67.6 Å². The van der Waals surface area contributed by atoms with Crippen LogP contribution in [-0.2, 0) is 0 Å². The van der Waals surface area contributed by atoms with Gasteiger partial charge in [0.2, 0.25) is 0 Å². The molecule has 0 saturated carbocycles. The average Bonchev–Trinajstić information content (AvgIpc) is 2.81. The van der Waals surface area contributed by atoms with Crippen molar-refractivity contribution in [1.82, 2.24) is 0 Å². The quantitative estimate of drug-likeness (QED) is 0.552. The zero-order chi connectivity index (χ0) is 20.8. The molecule has 1 aliphatic rings. The first-order chi connectivity index (χ1) is 14.8. The number of piperidine rings is 1. The Balaban J connectivity index is 1.54.